The van der Waals surface area contributed by atoms with Gasteiger partial charge in [0.2, 0.25) is 0 Å². The molecule has 0 aromatic rings. The van der Waals surface area contributed by atoms with Crippen LogP contribution in [-0.4, -0.2) is 37.2 Å². The molecule has 6 heteroatoms. The summed E-state index contributed by atoms with van der Waals surface area (Å²) in [6.45, 7) is 9.00. The number of ether oxygens (including phenoxy) is 3. The van der Waals surface area contributed by atoms with Crippen LogP contribution in [0.5, 0.6) is 0 Å². The largest absolute Gasteiger partial charge is 0.462 e. The Labute approximate surface area is 368 Å². The van der Waals surface area contributed by atoms with E-state index in [0.717, 1.165) is 63.7 Å². The third-order valence-corrected chi connectivity index (χ3v) is 12.0. The third kappa shape index (κ3) is 47.3. The molecule has 0 saturated carbocycles. The van der Waals surface area contributed by atoms with Gasteiger partial charge in [-0.15, -0.1) is 0 Å². The van der Waals surface area contributed by atoms with E-state index in [-0.39, 0.29) is 31.1 Å². The maximum Gasteiger partial charge on any atom is 0.306 e. The van der Waals surface area contributed by atoms with E-state index in [4.69, 9.17) is 14.2 Å². The molecule has 0 aliphatic heterocycles. The Morgan fingerprint density at radius 2 is 0.559 bits per heavy atom. The van der Waals surface area contributed by atoms with Crippen molar-refractivity contribution in [2.45, 2.75) is 303 Å². The molecule has 0 spiro atoms. The van der Waals surface area contributed by atoms with Crippen LogP contribution in [0.3, 0.4) is 0 Å². The summed E-state index contributed by atoms with van der Waals surface area (Å²) in [5, 5.41) is 0. The topological polar surface area (TPSA) is 78.9 Å². The van der Waals surface area contributed by atoms with Crippen molar-refractivity contribution in [3.8, 4) is 0 Å². The molecule has 0 aliphatic rings. The van der Waals surface area contributed by atoms with Gasteiger partial charge in [-0.1, -0.05) is 259 Å². The number of carbonyl (C=O) groups is 3. The quantitative estimate of drug-likeness (QED) is 0.0345. The minimum atomic E-state index is -0.761. The van der Waals surface area contributed by atoms with Crippen LogP contribution in [0.1, 0.15) is 297 Å². The fourth-order valence-corrected chi connectivity index (χ4v) is 8.04. The van der Waals surface area contributed by atoms with Crippen molar-refractivity contribution in [1.82, 2.24) is 0 Å². The van der Waals surface area contributed by atoms with Crippen LogP contribution in [0.4, 0.5) is 0 Å². The van der Waals surface area contributed by atoms with E-state index in [1.54, 1.807) is 0 Å². The molecule has 0 bridgehead atoms. The average Bonchev–Trinajstić information content (AvgIpc) is 3.22. The van der Waals surface area contributed by atoms with Crippen molar-refractivity contribution in [3.05, 3.63) is 0 Å². The van der Waals surface area contributed by atoms with Gasteiger partial charge in [-0.3, -0.25) is 14.4 Å². The molecule has 0 fully saturated rings. The Balaban J connectivity index is 4.27. The van der Waals surface area contributed by atoms with Gasteiger partial charge in [0.25, 0.3) is 0 Å². The Morgan fingerprint density at radius 1 is 0.322 bits per heavy atom. The SMILES string of the molecule is CCCCCCCCCCCCCCCCCCCCC(=O)O[C@H](COC(=O)CCCCCCCCCCCCCC)COC(=O)CCCCCCCCCCC(C)C. The molecule has 6 nitrogen and oxygen atoms in total. The molecule has 0 aromatic carbocycles. The average molecular weight is 835 g/mol. The van der Waals surface area contributed by atoms with Gasteiger partial charge < -0.3 is 14.2 Å². The zero-order chi connectivity index (χ0) is 43.1. The molecule has 1 atom stereocenters. The van der Waals surface area contributed by atoms with Crippen LogP contribution in [0.15, 0.2) is 0 Å². The highest BCUT2D eigenvalue weighted by molar-refractivity contribution is 5.71. The fraction of sp³-hybridized carbons (Fsp3) is 0.943. The summed E-state index contributed by atoms with van der Waals surface area (Å²) in [6.07, 6.45) is 49.5. The maximum atomic E-state index is 12.8. The first kappa shape index (κ1) is 57.4. The molecule has 0 heterocycles. The Kier molecular flexibility index (Phi) is 46.2. The number of unbranched alkanes of at least 4 members (excludes halogenated alkanes) is 35. The smallest absolute Gasteiger partial charge is 0.306 e. The number of hydrogen-bond acceptors (Lipinski definition) is 6. The standard InChI is InChI=1S/C53H102O6/c1-5-7-9-11-13-15-17-19-20-21-22-23-24-26-28-34-38-42-46-53(56)59-50(48-58-52(55)45-41-37-33-30-29-31-35-39-43-49(3)4)47-57-51(54)44-40-36-32-27-25-18-16-14-12-10-8-6-2/h49-50H,5-48H2,1-4H3/t50-/m1/s1. The monoisotopic (exact) mass is 835 g/mol. The van der Waals surface area contributed by atoms with Gasteiger partial charge >= 0.3 is 17.9 Å². The molecule has 0 amide bonds. The van der Waals surface area contributed by atoms with Gasteiger partial charge in [-0.2, -0.15) is 0 Å². The van der Waals surface area contributed by atoms with E-state index < -0.39 is 6.10 Å². The number of rotatable bonds is 48. The fourth-order valence-electron chi connectivity index (χ4n) is 8.04. The van der Waals surface area contributed by atoms with Gasteiger partial charge in [-0.25, -0.2) is 0 Å². The van der Waals surface area contributed by atoms with E-state index >= 15 is 0 Å². The van der Waals surface area contributed by atoms with Crippen LogP contribution in [0.25, 0.3) is 0 Å². The number of hydrogen-bond donors (Lipinski definition) is 0. The second-order valence-corrected chi connectivity index (χ2v) is 18.6. The molecule has 350 valence electrons. The third-order valence-electron chi connectivity index (χ3n) is 12.0. The first-order valence-electron chi connectivity index (χ1n) is 26.4. The lowest BCUT2D eigenvalue weighted by atomic mass is 10.0. The second-order valence-electron chi connectivity index (χ2n) is 18.6. The minimum Gasteiger partial charge on any atom is -0.462 e. The highest BCUT2D eigenvalue weighted by atomic mass is 16.6. The van der Waals surface area contributed by atoms with Crippen LogP contribution in [-0.2, 0) is 28.6 Å². The zero-order valence-corrected chi connectivity index (χ0v) is 40.2. The molecule has 0 rings (SSSR count). The van der Waals surface area contributed by atoms with Crippen molar-refractivity contribution in [1.29, 1.82) is 0 Å². The normalized spacial score (nSPS) is 11.9. The summed E-state index contributed by atoms with van der Waals surface area (Å²) < 4.78 is 16.8. The van der Waals surface area contributed by atoms with Gasteiger partial charge in [0, 0.05) is 19.3 Å². The van der Waals surface area contributed by atoms with E-state index in [1.807, 2.05) is 0 Å². The second kappa shape index (κ2) is 47.5. The van der Waals surface area contributed by atoms with Crippen molar-refractivity contribution in [2.75, 3.05) is 13.2 Å². The van der Waals surface area contributed by atoms with E-state index in [9.17, 15) is 14.4 Å². The molecule has 0 aliphatic carbocycles. The van der Waals surface area contributed by atoms with Gasteiger partial charge in [-0.05, 0) is 25.2 Å². The van der Waals surface area contributed by atoms with Crippen molar-refractivity contribution < 1.29 is 28.6 Å². The maximum absolute atomic E-state index is 12.8. The molecule has 0 aromatic heterocycles. The molecule has 0 radical (unpaired) electrons. The van der Waals surface area contributed by atoms with Gasteiger partial charge in [0.15, 0.2) is 6.10 Å². The first-order chi connectivity index (χ1) is 28.9. The van der Waals surface area contributed by atoms with E-state index in [2.05, 4.69) is 27.7 Å². The lowest BCUT2D eigenvalue weighted by Crippen LogP contribution is -2.30. The molecule has 0 N–H and O–H groups in total. The van der Waals surface area contributed by atoms with Crippen LogP contribution < -0.4 is 0 Å². The Bertz CT molecular complexity index is 887. The van der Waals surface area contributed by atoms with Gasteiger partial charge in [0.05, 0.1) is 0 Å². The minimum absolute atomic E-state index is 0.0631. The van der Waals surface area contributed by atoms with Crippen LogP contribution in [0.2, 0.25) is 0 Å². The summed E-state index contributed by atoms with van der Waals surface area (Å²) in [5.41, 5.74) is 0. The molecule has 59 heavy (non-hydrogen) atoms. The zero-order valence-electron chi connectivity index (χ0n) is 40.2. The highest BCUT2D eigenvalue weighted by Gasteiger charge is 2.19. The summed E-state index contributed by atoms with van der Waals surface area (Å²) in [4.78, 5) is 37.9. The Hall–Kier alpha value is -1.59. The van der Waals surface area contributed by atoms with Crippen LogP contribution >= 0.6 is 0 Å². The summed E-state index contributed by atoms with van der Waals surface area (Å²) in [7, 11) is 0. The molecule has 0 unspecified atom stereocenters. The first-order valence-corrected chi connectivity index (χ1v) is 26.4. The molecule has 0 saturated heterocycles. The lowest BCUT2D eigenvalue weighted by molar-refractivity contribution is -0.167. The number of esters is 3. The summed E-state index contributed by atoms with van der Waals surface area (Å²) >= 11 is 0. The predicted molar refractivity (Wildman–Crippen MR) is 252 cm³/mol. The highest BCUT2D eigenvalue weighted by Crippen LogP contribution is 2.17. The predicted octanol–water partition coefficient (Wildman–Crippen LogP) is 17.1. The van der Waals surface area contributed by atoms with Gasteiger partial charge in [0.1, 0.15) is 13.2 Å². The van der Waals surface area contributed by atoms with E-state index in [1.165, 1.54) is 193 Å². The Morgan fingerprint density at radius 3 is 0.831 bits per heavy atom. The lowest BCUT2D eigenvalue weighted by Gasteiger charge is -2.18. The van der Waals surface area contributed by atoms with Crippen LogP contribution in [0, 0.1) is 5.92 Å². The summed E-state index contributed by atoms with van der Waals surface area (Å²) in [5.74, 6) is -0.0491. The van der Waals surface area contributed by atoms with Crippen molar-refractivity contribution >= 4 is 17.9 Å². The molecular formula is C53H102O6. The number of carbonyl (C=O) groups excluding carboxylic acids is 3. The molecular weight excluding hydrogens is 733 g/mol. The van der Waals surface area contributed by atoms with Crippen molar-refractivity contribution in [3.63, 3.8) is 0 Å². The van der Waals surface area contributed by atoms with E-state index in [0.29, 0.717) is 19.3 Å². The summed E-state index contributed by atoms with van der Waals surface area (Å²) in [6, 6.07) is 0. The van der Waals surface area contributed by atoms with Crippen molar-refractivity contribution in [2.24, 2.45) is 5.92 Å².